The normalized spacial score (nSPS) is 11.3. The Bertz CT molecular complexity index is 787. The molecule has 0 aromatic heterocycles. The lowest BCUT2D eigenvalue weighted by atomic mass is 10.2. The molecule has 2 rings (SSSR count). The summed E-state index contributed by atoms with van der Waals surface area (Å²) in [6.07, 6.45) is 1.17. The van der Waals surface area contributed by atoms with Crippen LogP contribution >= 0.6 is 23.4 Å². The molecule has 0 atom stereocenters. The summed E-state index contributed by atoms with van der Waals surface area (Å²) in [5.74, 6) is -0.0623. The number of rotatable bonds is 4. The van der Waals surface area contributed by atoms with E-state index in [2.05, 4.69) is 0 Å². The molecular weight excluding hydrogens is 328 g/mol. The second kappa shape index (κ2) is 6.09. The predicted octanol–water partition coefficient (Wildman–Crippen LogP) is 3.18. The first-order valence-electron chi connectivity index (χ1n) is 5.89. The Morgan fingerprint density at radius 2 is 1.81 bits per heavy atom. The number of hydrogen-bond donors (Lipinski definition) is 2. The Balaban J connectivity index is 2.33. The molecule has 4 nitrogen and oxygen atoms in total. The van der Waals surface area contributed by atoms with Crippen molar-refractivity contribution in [2.45, 2.75) is 14.7 Å². The highest BCUT2D eigenvalue weighted by atomic mass is 35.5. The first-order valence-corrected chi connectivity index (χ1v) is 8.98. The van der Waals surface area contributed by atoms with E-state index in [4.69, 9.17) is 22.7 Å². The van der Waals surface area contributed by atoms with Crippen molar-refractivity contribution in [2.75, 3.05) is 6.26 Å². The van der Waals surface area contributed by atoms with Crippen molar-refractivity contribution >= 4 is 39.0 Å². The van der Waals surface area contributed by atoms with E-state index in [1.165, 1.54) is 18.0 Å². The number of hydrogen-bond acceptors (Lipinski definition) is 4. The maximum Gasteiger partial charge on any atom is 0.175 e. The van der Waals surface area contributed by atoms with Gasteiger partial charge in [0, 0.05) is 26.6 Å². The lowest BCUT2D eigenvalue weighted by Crippen LogP contribution is -2.12. The van der Waals surface area contributed by atoms with Crippen LogP contribution in [-0.4, -0.2) is 20.5 Å². The number of nitrogen functional groups attached to an aromatic ring is 1. The summed E-state index contributed by atoms with van der Waals surface area (Å²) in [6.45, 7) is 0. The topological polar surface area (TPSA) is 84.0 Å². The van der Waals surface area contributed by atoms with E-state index in [9.17, 15) is 8.42 Å². The summed E-state index contributed by atoms with van der Waals surface area (Å²) < 4.78 is 22.8. The van der Waals surface area contributed by atoms with Crippen LogP contribution in [0.3, 0.4) is 0 Å². The van der Waals surface area contributed by atoms with Gasteiger partial charge in [-0.3, -0.25) is 5.41 Å². The first kappa shape index (κ1) is 15.9. The van der Waals surface area contributed by atoms with E-state index in [1.807, 2.05) is 0 Å². The lowest BCUT2D eigenvalue weighted by Gasteiger charge is -2.09. The number of sulfone groups is 1. The minimum absolute atomic E-state index is 0.0623. The Hall–Kier alpha value is -1.50. The van der Waals surface area contributed by atoms with Crippen molar-refractivity contribution in [1.82, 2.24) is 0 Å². The van der Waals surface area contributed by atoms with Gasteiger partial charge in [-0.1, -0.05) is 23.4 Å². The van der Waals surface area contributed by atoms with Gasteiger partial charge in [0.15, 0.2) is 9.84 Å². The monoisotopic (exact) mass is 340 g/mol. The van der Waals surface area contributed by atoms with Gasteiger partial charge in [0.05, 0.1) is 4.90 Å². The summed E-state index contributed by atoms with van der Waals surface area (Å²) in [4.78, 5) is 1.92. The number of amidine groups is 1. The molecule has 2 aromatic rings. The molecule has 0 aliphatic rings. The van der Waals surface area contributed by atoms with Crippen LogP contribution in [0, 0.1) is 5.41 Å². The Kier molecular flexibility index (Phi) is 4.61. The molecule has 0 aliphatic heterocycles. The minimum atomic E-state index is -3.20. The van der Waals surface area contributed by atoms with Crippen LogP contribution in [0.4, 0.5) is 0 Å². The predicted molar refractivity (Wildman–Crippen MR) is 86.1 cm³/mol. The number of nitrogens with one attached hydrogen (secondary N) is 1. The van der Waals surface area contributed by atoms with Gasteiger partial charge in [0.2, 0.25) is 0 Å². The molecule has 0 aliphatic carbocycles. The largest absolute Gasteiger partial charge is 0.384 e. The highest BCUT2D eigenvalue weighted by molar-refractivity contribution is 7.99. The Morgan fingerprint density at radius 3 is 2.33 bits per heavy atom. The second-order valence-electron chi connectivity index (χ2n) is 4.40. The third-order valence-electron chi connectivity index (χ3n) is 2.71. The maximum atomic E-state index is 11.4. The number of nitrogens with two attached hydrogens (primary N) is 1. The second-order valence-corrected chi connectivity index (χ2v) is 7.97. The van der Waals surface area contributed by atoms with Gasteiger partial charge in [0.1, 0.15) is 5.84 Å². The van der Waals surface area contributed by atoms with Gasteiger partial charge in [0.25, 0.3) is 0 Å². The SMILES string of the molecule is CS(=O)(=O)c1ccc(Sc2ccc(Cl)cc2C(=N)N)cc1. The molecular formula is C14H13ClN2O2S2. The fourth-order valence-corrected chi connectivity index (χ4v) is 3.43. The molecule has 7 heteroatoms. The molecule has 0 heterocycles. The Labute approximate surface area is 132 Å². The van der Waals surface area contributed by atoms with Gasteiger partial charge < -0.3 is 5.73 Å². The van der Waals surface area contributed by atoms with Crippen LogP contribution < -0.4 is 5.73 Å². The van der Waals surface area contributed by atoms with Gasteiger partial charge in [-0.25, -0.2) is 8.42 Å². The zero-order chi connectivity index (χ0) is 15.6. The van der Waals surface area contributed by atoms with Crippen LogP contribution in [0.2, 0.25) is 5.02 Å². The van der Waals surface area contributed by atoms with E-state index in [0.29, 0.717) is 10.6 Å². The molecule has 0 bridgehead atoms. The van der Waals surface area contributed by atoms with Gasteiger partial charge >= 0.3 is 0 Å². The van der Waals surface area contributed by atoms with E-state index >= 15 is 0 Å². The molecule has 21 heavy (non-hydrogen) atoms. The van der Waals surface area contributed by atoms with Gasteiger partial charge in [-0.2, -0.15) is 0 Å². The smallest absolute Gasteiger partial charge is 0.175 e. The third-order valence-corrected chi connectivity index (χ3v) is 5.16. The molecule has 0 spiro atoms. The van der Waals surface area contributed by atoms with Crippen molar-refractivity contribution < 1.29 is 8.42 Å². The summed E-state index contributed by atoms with van der Waals surface area (Å²) in [7, 11) is -3.20. The number of benzene rings is 2. The van der Waals surface area contributed by atoms with Crippen LogP contribution in [0.1, 0.15) is 5.56 Å². The van der Waals surface area contributed by atoms with E-state index in [0.717, 1.165) is 9.79 Å². The quantitative estimate of drug-likeness (QED) is 0.661. The van der Waals surface area contributed by atoms with Crippen LogP contribution in [-0.2, 0) is 9.84 Å². The average Bonchev–Trinajstić information content (AvgIpc) is 2.40. The zero-order valence-electron chi connectivity index (χ0n) is 11.1. The summed E-state index contributed by atoms with van der Waals surface area (Å²) in [5.41, 5.74) is 6.11. The molecule has 0 saturated carbocycles. The van der Waals surface area contributed by atoms with Crippen molar-refractivity contribution in [3.05, 3.63) is 53.1 Å². The molecule has 0 unspecified atom stereocenters. The first-order chi connectivity index (χ1) is 9.77. The summed E-state index contributed by atoms with van der Waals surface area (Å²) >= 11 is 7.30. The summed E-state index contributed by atoms with van der Waals surface area (Å²) in [5, 5.41) is 8.09. The molecule has 0 amide bonds. The van der Waals surface area contributed by atoms with Crippen molar-refractivity contribution in [2.24, 2.45) is 5.73 Å². The molecule has 0 radical (unpaired) electrons. The van der Waals surface area contributed by atoms with Crippen molar-refractivity contribution in [1.29, 1.82) is 5.41 Å². The molecule has 2 aromatic carbocycles. The minimum Gasteiger partial charge on any atom is -0.384 e. The van der Waals surface area contributed by atoms with E-state index < -0.39 is 9.84 Å². The van der Waals surface area contributed by atoms with Gasteiger partial charge in [-0.15, -0.1) is 0 Å². The highest BCUT2D eigenvalue weighted by Gasteiger charge is 2.10. The average molecular weight is 341 g/mol. The molecule has 0 saturated heterocycles. The lowest BCUT2D eigenvalue weighted by molar-refractivity contribution is 0.602. The Morgan fingerprint density at radius 1 is 1.19 bits per heavy atom. The van der Waals surface area contributed by atoms with E-state index in [1.54, 1.807) is 42.5 Å². The third kappa shape index (κ3) is 4.00. The highest BCUT2D eigenvalue weighted by Crippen LogP contribution is 2.32. The van der Waals surface area contributed by atoms with Crippen molar-refractivity contribution in [3.63, 3.8) is 0 Å². The van der Waals surface area contributed by atoms with Crippen molar-refractivity contribution in [3.8, 4) is 0 Å². The van der Waals surface area contributed by atoms with Crippen LogP contribution in [0.5, 0.6) is 0 Å². The number of halogens is 1. The van der Waals surface area contributed by atoms with E-state index in [-0.39, 0.29) is 10.7 Å². The maximum absolute atomic E-state index is 11.4. The standard InChI is InChI=1S/C14H13ClN2O2S2/c1-21(18,19)11-5-3-10(4-6-11)20-13-7-2-9(15)8-12(13)14(16)17/h2-8H,1H3,(H3,16,17). The molecule has 0 fully saturated rings. The molecule has 3 N–H and O–H groups in total. The molecule has 110 valence electrons. The fraction of sp³-hybridized carbons (Fsp3) is 0.0714. The van der Waals surface area contributed by atoms with Gasteiger partial charge in [-0.05, 0) is 42.5 Å². The fourth-order valence-electron chi connectivity index (χ4n) is 1.68. The zero-order valence-corrected chi connectivity index (χ0v) is 13.5. The van der Waals surface area contributed by atoms with Crippen LogP contribution in [0.15, 0.2) is 57.2 Å². The van der Waals surface area contributed by atoms with Crippen LogP contribution in [0.25, 0.3) is 0 Å². The summed E-state index contributed by atoms with van der Waals surface area (Å²) in [6, 6.07) is 11.7.